The number of carbonyl (C=O) groups excluding carboxylic acids is 1. The van der Waals surface area contributed by atoms with Gasteiger partial charge in [0.2, 0.25) is 0 Å². The van der Waals surface area contributed by atoms with Crippen LogP contribution in [0.15, 0.2) is 36.4 Å². The van der Waals surface area contributed by atoms with Crippen molar-refractivity contribution in [2.24, 2.45) is 0 Å². The molecule has 2 aromatic heterocycles. The van der Waals surface area contributed by atoms with Crippen LogP contribution in [-0.2, 0) is 11.3 Å². The summed E-state index contributed by atoms with van der Waals surface area (Å²) in [5.41, 5.74) is 3.88. The highest BCUT2D eigenvalue weighted by Crippen LogP contribution is 2.31. The third-order valence-corrected chi connectivity index (χ3v) is 6.07. The van der Waals surface area contributed by atoms with Crippen LogP contribution in [-0.4, -0.2) is 52.2 Å². The first-order valence-corrected chi connectivity index (χ1v) is 10.4. The molecule has 0 atom stereocenters. The van der Waals surface area contributed by atoms with Gasteiger partial charge in [0.15, 0.2) is 5.13 Å². The molecule has 1 aliphatic heterocycles. The Morgan fingerprint density at radius 3 is 2.86 bits per heavy atom. The van der Waals surface area contributed by atoms with Crippen LogP contribution < -0.4 is 10.2 Å². The van der Waals surface area contributed by atoms with Gasteiger partial charge in [-0.05, 0) is 43.3 Å². The van der Waals surface area contributed by atoms with Crippen LogP contribution >= 0.6 is 11.3 Å². The molecule has 1 N–H and O–H groups in total. The number of nitrogens with zero attached hydrogens (tertiary/aromatic N) is 5. The molecule has 1 amide bonds. The predicted molar refractivity (Wildman–Crippen MR) is 114 cm³/mol. The number of amides is 1. The lowest BCUT2D eigenvalue weighted by atomic mass is 10.2. The maximum atomic E-state index is 12.7. The standard InChI is InChI=1S/C20H20N6O2S/c1-2-26-17-6-3-13(11-16(17)23-24-26)19(27)21-14-4-5-15-18(12-14)29-20(22-15)25-7-9-28-10-8-25/h3-6,11-12H,2,7-10H2,1H3,(H,21,27). The zero-order valence-corrected chi connectivity index (χ0v) is 16.8. The van der Waals surface area contributed by atoms with E-state index in [-0.39, 0.29) is 5.91 Å². The minimum atomic E-state index is -0.171. The summed E-state index contributed by atoms with van der Waals surface area (Å²) in [5.74, 6) is -0.171. The molecule has 2 aromatic carbocycles. The van der Waals surface area contributed by atoms with E-state index in [2.05, 4.69) is 20.5 Å². The van der Waals surface area contributed by atoms with E-state index in [4.69, 9.17) is 9.72 Å². The Balaban J connectivity index is 1.37. The lowest BCUT2D eigenvalue weighted by molar-refractivity contribution is 0.102. The van der Waals surface area contributed by atoms with Crippen molar-refractivity contribution in [1.82, 2.24) is 20.0 Å². The van der Waals surface area contributed by atoms with Crippen molar-refractivity contribution in [3.05, 3.63) is 42.0 Å². The summed E-state index contributed by atoms with van der Waals surface area (Å²) in [6.45, 7) is 5.92. The molecule has 0 unspecified atom stereocenters. The summed E-state index contributed by atoms with van der Waals surface area (Å²) in [4.78, 5) is 19.7. The summed E-state index contributed by atoms with van der Waals surface area (Å²) in [6.07, 6.45) is 0. The quantitative estimate of drug-likeness (QED) is 0.558. The number of thiazole rings is 1. The Kier molecular flexibility index (Phi) is 4.61. The van der Waals surface area contributed by atoms with Crippen molar-refractivity contribution in [3.63, 3.8) is 0 Å². The van der Waals surface area contributed by atoms with Gasteiger partial charge in [0.05, 0.1) is 28.9 Å². The summed E-state index contributed by atoms with van der Waals surface area (Å²) < 4.78 is 8.27. The van der Waals surface area contributed by atoms with Gasteiger partial charge in [-0.2, -0.15) is 0 Å². The number of fused-ring (bicyclic) bond motifs is 2. The topological polar surface area (TPSA) is 85.2 Å². The van der Waals surface area contributed by atoms with E-state index in [0.29, 0.717) is 11.1 Å². The second-order valence-corrected chi connectivity index (χ2v) is 7.85. The summed E-state index contributed by atoms with van der Waals surface area (Å²) in [5, 5.41) is 12.2. The zero-order chi connectivity index (χ0) is 19.8. The van der Waals surface area contributed by atoms with Gasteiger partial charge in [-0.25, -0.2) is 9.67 Å². The van der Waals surface area contributed by atoms with Crippen LogP contribution in [0.2, 0.25) is 0 Å². The molecular formula is C20H20N6O2S. The summed E-state index contributed by atoms with van der Waals surface area (Å²) in [6, 6.07) is 11.3. The van der Waals surface area contributed by atoms with E-state index in [1.165, 1.54) is 0 Å². The van der Waals surface area contributed by atoms with Crippen molar-refractivity contribution in [2.75, 3.05) is 36.5 Å². The summed E-state index contributed by atoms with van der Waals surface area (Å²) >= 11 is 1.63. The second kappa shape index (κ2) is 7.41. The van der Waals surface area contributed by atoms with E-state index in [1.807, 2.05) is 31.2 Å². The zero-order valence-electron chi connectivity index (χ0n) is 16.0. The van der Waals surface area contributed by atoms with Gasteiger partial charge in [-0.3, -0.25) is 4.79 Å². The smallest absolute Gasteiger partial charge is 0.255 e. The van der Waals surface area contributed by atoms with Gasteiger partial charge in [0.25, 0.3) is 5.91 Å². The van der Waals surface area contributed by atoms with E-state index in [1.54, 1.807) is 28.2 Å². The molecule has 3 heterocycles. The molecule has 5 rings (SSSR count). The Morgan fingerprint density at radius 2 is 2.03 bits per heavy atom. The predicted octanol–water partition coefficient (Wildman–Crippen LogP) is 3.15. The molecule has 1 fully saturated rings. The Hall–Kier alpha value is -3.04. The van der Waals surface area contributed by atoms with Gasteiger partial charge >= 0.3 is 0 Å². The molecule has 1 aliphatic rings. The first-order chi connectivity index (χ1) is 14.2. The third kappa shape index (κ3) is 3.43. The Labute approximate surface area is 171 Å². The highest BCUT2D eigenvalue weighted by molar-refractivity contribution is 7.22. The molecular weight excluding hydrogens is 388 g/mol. The van der Waals surface area contributed by atoms with Crippen LogP contribution in [0.1, 0.15) is 17.3 Å². The van der Waals surface area contributed by atoms with E-state index >= 15 is 0 Å². The average Bonchev–Trinajstić information content (AvgIpc) is 3.37. The van der Waals surface area contributed by atoms with Crippen molar-refractivity contribution in [1.29, 1.82) is 0 Å². The van der Waals surface area contributed by atoms with Crippen LogP contribution in [0, 0.1) is 0 Å². The fraction of sp³-hybridized carbons (Fsp3) is 0.300. The van der Waals surface area contributed by atoms with E-state index in [9.17, 15) is 4.79 Å². The third-order valence-electron chi connectivity index (χ3n) is 4.99. The number of rotatable bonds is 4. The number of aryl methyl sites for hydroxylation is 1. The maximum absolute atomic E-state index is 12.7. The number of aromatic nitrogens is 4. The molecule has 0 saturated carbocycles. The average molecular weight is 408 g/mol. The largest absolute Gasteiger partial charge is 0.378 e. The van der Waals surface area contributed by atoms with Gasteiger partial charge in [-0.1, -0.05) is 16.6 Å². The number of carbonyl (C=O) groups is 1. The monoisotopic (exact) mass is 408 g/mol. The first-order valence-electron chi connectivity index (χ1n) is 9.59. The fourth-order valence-electron chi connectivity index (χ4n) is 3.43. The second-order valence-electron chi connectivity index (χ2n) is 6.84. The molecule has 29 heavy (non-hydrogen) atoms. The van der Waals surface area contributed by atoms with Gasteiger partial charge in [0.1, 0.15) is 5.52 Å². The molecule has 0 aliphatic carbocycles. The number of morpholine rings is 1. The van der Waals surface area contributed by atoms with Crippen molar-refractivity contribution < 1.29 is 9.53 Å². The lowest BCUT2D eigenvalue weighted by Crippen LogP contribution is -2.36. The lowest BCUT2D eigenvalue weighted by Gasteiger charge is -2.25. The first kappa shape index (κ1) is 18.0. The van der Waals surface area contributed by atoms with Crippen molar-refractivity contribution >= 4 is 49.3 Å². The molecule has 148 valence electrons. The normalized spacial score (nSPS) is 14.6. The van der Waals surface area contributed by atoms with Crippen LogP contribution in [0.3, 0.4) is 0 Å². The molecule has 9 heteroatoms. The number of ether oxygens (including phenoxy) is 1. The highest BCUT2D eigenvalue weighted by Gasteiger charge is 2.16. The Bertz CT molecular complexity index is 1190. The minimum absolute atomic E-state index is 0.171. The highest BCUT2D eigenvalue weighted by atomic mass is 32.1. The van der Waals surface area contributed by atoms with Crippen LogP contribution in [0.25, 0.3) is 21.3 Å². The molecule has 8 nitrogen and oxygen atoms in total. The molecule has 4 aromatic rings. The van der Waals surface area contributed by atoms with Gasteiger partial charge in [0, 0.05) is 30.9 Å². The molecule has 0 radical (unpaired) electrons. The van der Waals surface area contributed by atoms with Gasteiger partial charge in [-0.15, -0.1) is 5.10 Å². The number of anilines is 2. The minimum Gasteiger partial charge on any atom is -0.378 e. The molecule has 1 saturated heterocycles. The van der Waals surface area contributed by atoms with Gasteiger partial charge < -0.3 is 15.0 Å². The fourth-order valence-corrected chi connectivity index (χ4v) is 4.49. The maximum Gasteiger partial charge on any atom is 0.255 e. The van der Waals surface area contributed by atoms with E-state index < -0.39 is 0 Å². The SMILES string of the molecule is CCn1nnc2cc(C(=O)Nc3ccc4nc(N5CCOCC5)sc4c3)ccc21. The number of nitrogens with one attached hydrogen (secondary N) is 1. The van der Waals surface area contributed by atoms with Crippen LogP contribution in [0.5, 0.6) is 0 Å². The summed E-state index contributed by atoms with van der Waals surface area (Å²) in [7, 11) is 0. The van der Waals surface area contributed by atoms with E-state index in [0.717, 1.165) is 59.4 Å². The molecule has 0 spiro atoms. The van der Waals surface area contributed by atoms with Crippen molar-refractivity contribution in [2.45, 2.75) is 13.5 Å². The number of hydrogen-bond acceptors (Lipinski definition) is 7. The number of hydrogen-bond donors (Lipinski definition) is 1. The molecule has 0 bridgehead atoms. The number of benzene rings is 2. The Morgan fingerprint density at radius 1 is 1.17 bits per heavy atom. The van der Waals surface area contributed by atoms with Crippen molar-refractivity contribution in [3.8, 4) is 0 Å². The van der Waals surface area contributed by atoms with Crippen LogP contribution in [0.4, 0.5) is 10.8 Å².